The van der Waals surface area contributed by atoms with Gasteiger partial charge in [0.15, 0.2) is 0 Å². The van der Waals surface area contributed by atoms with Crippen molar-refractivity contribution in [3.05, 3.63) is 0 Å². The minimum atomic E-state index is -2.25. The van der Waals surface area contributed by atoms with Gasteiger partial charge in [-0.2, -0.15) is 0 Å². The van der Waals surface area contributed by atoms with Crippen molar-refractivity contribution in [3.8, 4) is 0 Å². The average molecular weight is 124 g/mol. The Balaban J connectivity index is 3.17. The molecule has 50 valence electrons. The summed E-state index contributed by atoms with van der Waals surface area (Å²) < 4.78 is 27.6. The topological polar surface area (TPSA) is 9.23 Å². The minimum absolute atomic E-state index is 0.137. The van der Waals surface area contributed by atoms with Crippen molar-refractivity contribution in [2.24, 2.45) is 5.92 Å². The predicted molar refractivity (Wildman–Crippen MR) is 27.0 cm³/mol. The number of hydrogen-bond donors (Lipinski definition) is 0. The van der Waals surface area contributed by atoms with E-state index >= 15 is 0 Å². The summed E-state index contributed by atoms with van der Waals surface area (Å²) >= 11 is 0. The van der Waals surface area contributed by atoms with E-state index in [9.17, 15) is 8.78 Å². The maximum Gasteiger partial charge on any atom is 0.243 e. The average Bonchev–Trinajstić information content (AvgIpc) is 1.67. The van der Waals surface area contributed by atoms with Crippen LogP contribution in [-0.4, -0.2) is 20.1 Å². The number of alkyl halides is 2. The van der Waals surface area contributed by atoms with Crippen LogP contribution in [0.1, 0.15) is 6.92 Å². The van der Waals surface area contributed by atoms with Crippen LogP contribution in [0, 0.1) is 5.92 Å². The molecule has 0 rings (SSSR count). The van der Waals surface area contributed by atoms with E-state index in [0.29, 0.717) is 0 Å². The minimum Gasteiger partial charge on any atom is -0.384 e. The first-order valence-corrected chi connectivity index (χ1v) is 2.45. The zero-order valence-corrected chi connectivity index (χ0v) is 5.03. The number of hydrogen-bond acceptors (Lipinski definition) is 1. The Morgan fingerprint density at radius 1 is 1.50 bits per heavy atom. The highest BCUT2D eigenvalue weighted by atomic mass is 19.3. The first-order chi connectivity index (χ1) is 3.68. The lowest BCUT2D eigenvalue weighted by Gasteiger charge is -2.06. The largest absolute Gasteiger partial charge is 0.384 e. The molecule has 0 saturated carbocycles. The van der Waals surface area contributed by atoms with Gasteiger partial charge in [-0.1, -0.05) is 6.92 Å². The van der Waals surface area contributed by atoms with Crippen molar-refractivity contribution in [1.82, 2.24) is 0 Å². The Morgan fingerprint density at radius 3 is 2.12 bits per heavy atom. The molecule has 0 aliphatic carbocycles. The molecule has 1 atom stereocenters. The predicted octanol–water partition coefficient (Wildman–Crippen LogP) is 1.53. The molecule has 0 saturated heterocycles. The Morgan fingerprint density at radius 2 is 2.00 bits per heavy atom. The second-order valence-corrected chi connectivity index (χ2v) is 1.77. The summed E-state index contributed by atoms with van der Waals surface area (Å²) in [5.74, 6) is -0.639. The fourth-order valence-electron chi connectivity index (χ4n) is 0.336. The summed E-state index contributed by atoms with van der Waals surface area (Å²) in [4.78, 5) is 0. The van der Waals surface area contributed by atoms with Gasteiger partial charge in [0.25, 0.3) is 0 Å². The molecule has 0 aromatic rings. The van der Waals surface area contributed by atoms with Crippen molar-refractivity contribution in [1.29, 1.82) is 0 Å². The lowest BCUT2D eigenvalue weighted by atomic mass is 10.2. The monoisotopic (exact) mass is 124 g/mol. The van der Waals surface area contributed by atoms with Gasteiger partial charge in [0.2, 0.25) is 6.43 Å². The van der Waals surface area contributed by atoms with Crippen LogP contribution in [0.3, 0.4) is 0 Å². The van der Waals surface area contributed by atoms with Crippen molar-refractivity contribution in [3.63, 3.8) is 0 Å². The maximum absolute atomic E-state index is 11.5. The van der Waals surface area contributed by atoms with Crippen LogP contribution in [0.25, 0.3) is 0 Å². The SMILES string of the molecule is COCC(C)C(F)F. The van der Waals surface area contributed by atoms with Crippen molar-refractivity contribution in [2.45, 2.75) is 13.3 Å². The number of halogens is 2. The number of methoxy groups -OCH3 is 1. The Hall–Kier alpha value is -0.180. The number of rotatable bonds is 3. The first-order valence-electron chi connectivity index (χ1n) is 2.45. The molecule has 0 N–H and O–H groups in total. The fraction of sp³-hybridized carbons (Fsp3) is 1.00. The molecular formula is C5H10F2O. The van der Waals surface area contributed by atoms with E-state index in [-0.39, 0.29) is 6.61 Å². The molecule has 0 heterocycles. The highest BCUT2D eigenvalue weighted by Crippen LogP contribution is 2.07. The number of ether oxygens (including phenoxy) is 1. The third-order valence-corrected chi connectivity index (χ3v) is 0.860. The van der Waals surface area contributed by atoms with Gasteiger partial charge in [-0.3, -0.25) is 0 Å². The second kappa shape index (κ2) is 3.78. The summed E-state index contributed by atoms with van der Waals surface area (Å²) in [7, 11) is 1.42. The van der Waals surface area contributed by atoms with Gasteiger partial charge in [0, 0.05) is 13.0 Å². The first kappa shape index (κ1) is 7.82. The van der Waals surface area contributed by atoms with Gasteiger partial charge in [-0.05, 0) is 0 Å². The summed E-state index contributed by atoms with van der Waals surface area (Å²) in [6.45, 7) is 1.59. The second-order valence-electron chi connectivity index (χ2n) is 1.77. The third kappa shape index (κ3) is 2.91. The van der Waals surface area contributed by atoms with Crippen molar-refractivity contribution >= 4 is 0 Å². The van der Waals surface area contributed by atoms with Crippen LogP contribution in [0.4, 0.5) is 8.78 Å². The van der Waals surface area contributed by atoms with Gasteiger partial charge in [0.1, 0.15) is 0 Å². The van der Waals surface area contributed by atoms with E-state index in [1.165, 1.54) is 14.0 Å². The third-order valence-electron chi connectivity index (χ3n) is 0.860. The van der Waals surface area contributed by atoms with Crippen LogP contribution < -0.4 is 0 Å². The van der Waals surface area contributed by atoms with Crippen molar-refractivity contribution < 1.29 is 13.5 Å². The van der Waals surface area contributed by atoms with E-state index in [0.717, 1.165) is 0 Å². The molecule has 3 heteroatoms. The molecule has 0 aromatic heterocycles. The van der Waals surface area contributed by atoms with Gasteiger partial charge >= 0.3 is 0 Å². The van der Waals surface area contributed by atoms with Gasteiger partial charge < -0.3 is 4.74 Å². The molecule has 0 radical (unpaired) electrons. The highest BCUT2D eigenvalue weighted by Gasteiger charge is 2.12. The van der Waals surface area contributed by atoms with Gasteiger partial charge in [-0.15, -0.1) is 0 Å². The lowest BCUT2D eigenvalue weighted by Crippen LogP contribution is -2.12. The van der Waals surface area contributed by atoms with E-state index in [2.05, 4.69) is 4.74 Å². The summed E-state index contributed by atoms with van der Waals surface area (Å²) in [5.41, 5.74) is 0. The smallest absolute Gasteiger partial charge is 0.243 e. The molecule has 0 aliphatic heterocycles. The molecule has 0 aliphatic rings. The fourth-order valence-corrected chi connectivity index (χ4v) is 0.336. The van der Waals surface area contributed by atoms with E-state index < -0.39 is 12.3 Å². The summed E-state index contributed by atoms with van der Waals surface area (Å²) in [5, 5.41) is 0. The van der Waals surface area contributed by atoms with Crippen LogP contribution in [0.15, 0.2) is 0 Å². The molecule has 0 spiro atoms. The van der Waals surface area contributed by atoms with Crippen LogP contribution in [0.5, 0.6) is 0 Å². The van der Waals surface area contributed by atoms with E-state index in [4.69, 9.17) is 0 Å². The van der Waals surface area contributed by atoms with Crippen molar-refractivity contribution in [2.75, 3.05) is 13.7 Å². The summed E-state index contributed by atoms with van der Waals surface area (Å²) in [6.07, 6.45) is -2.25. The Kier molecular flexibility index (Phi) is 3.69. The zero-order chi connectivity index (χ0) is 6.57. The molecule has 8 heavy (non-hydrogen) atoms. The molecule has 0 fully saturated rings. The highest BCUT2D eigenvalue weighted by molar-refractivity contribution is 4.50. The lowest BCUT2D eigenvalue weighted by molar-refractivity contribution is 0.0351. The quantitative estimate of drug-likeness (QED) is 0.554. The zero-order valence-electron chi connectivity index (χ0n) is 5.03. The Labute approximate surface area is 47.6 Å². The van der Waals surface area contributed by atoms with Gasteiger partial charge in [0.05, 0.1) is 6.61 Å². The Bertz CT molecular complexity index is 56.4. The van der Waals surface area contributed by atoms with E-state index in [1.807, 2.05) is 0 Å². The van der Waals surface area contributed by atoms with Crippen LogP contribution >= 0.6 is 0 Å². The molecule has 1 unspecified atom stereocenters. The van der Waals surface area contributed by atoms with Crippen LogP contribution in [0.2, 0.25) is 0 Å². The molecule has 0 bridgehead atoms. The summed E-state index contributed by atoms with van der Waals surface area (Å²) in [6, 6.07) is 0. The molecule has 0 aromatic carbocycles. The van der Waals surface area contributed by atoms with Gasteiger partial charge in [-0.25, -0.2) is 8.78 Å². The van der Waals surface area contributed by atoms with Crippen LogP contribution in [-0.2, 0) is 4.74 Å². The molecule has 0 amide bonds. The molecular weight excluding hydrogens is 114 g/mol. The molecule has 1 nitrogen and oxygen atoms in total. The maximum atomic E-state index is 11.5. The van der Waals surface area contributed by atoms with E-state index in [1.54, 1.807) is 0 Å². The standard InChI is InChI=1S/C5H10F2O/c1-4(3-8-2)5(6)7/h4-5H,3H2,1-2H3. The normalized spacial score (nSPS) is 14.6.